The first-order valence-corrected chi connectivity index (χ1v) is 7.60. The molecule has 6 heteroatoms. The highest BCUT2D eigenvalue weighted by molar-refractivity contribution is 5.94. The van der Waals surface area contributed by atoms with Crippen LogP contribution in [0.5, 0.6) is 11.5 Å². The topological polar surface area (TPSA) is 90.7 Å². The summed E-state index contributed by atoms with van der Waals surface area (Å²) in [4.78, 5) is 23.2. The Hall–Kier alpha value is -3.02. The zero-order valence-corrected chi connectivity index (χ0v) is 13.6. The number of hydrogen-bond donors (Lipinski definition) is 2. The fourth-order valence-corrected chi connectivity index (χ4v) is 2.00. The van der Waals surface area contributed by atoms with E-state index in [1.165, 1.54) is 0 Å². The minimum atomic E-state index is -0.698. The zero-order chi connectivity index (χ0) is 17.5. The standard InChI is InChI=1S/C18H20N2O4/c1-3-23-15-10-6-14(7-11-15)20-18(22)12(2)24-16-8-4-13(5-9-16)17(19)21/h4-12H,3H2,1-2H3,(H2,19,21)(H,20,22). The van der Waals surface area contributed by atoms with Gasteiger partial charge in [-0.15, -0.1) is 0 Å². The van der Waals surface area contributed by atoms with Gasteiger partial charge in [0.25, 0.3) is 5.91 Å². The largest absolute Gasteiger partial charge is 0.494 e. The summed E-state index contributed by atoms with van der Waals surface area (Å²) in [5, 5.41) is 2.77. The molecule has 2 amide bonds. The highest BCUT2D eigenvalue weighted by Crippen LogP contribution is 2.17. The van der Waals surface area contributed by atoms with Gasteiger partial charge < -0.3 is 20.5 Å². The van der Waals surface area contributed by atoms with Crippen molar-refractivity contribution in [3.63, 3.8) is 0 Å². The number of hydrogen-bond acceptors (Lipinski definition) is 4. The second-order valence-electron chi connectivity index (χ2n) is 5.10. The fourth-order valence-electron chi connectivity index (χ4n) is 2.00. The predicted octanol–water partition coefficient (Wildman–Crippen LogP) is 2.59. The molecule has 2 aromatic carbocycles. The Kier molecular flexibility index (Phi) is 5.78. The molecule has 0 aliphatic rings. The summed E-state index contributed by atoms with van der Waals surface area (Å²) in [6, 6.07) is 13.4. The number of nitrogens with two attached hydrogens (primary N) is 1. The third-order valence-electron chi connectivity index (χ3n) is 3.25. The summed E-state index contributed by atoms with van der Waals surface area (Å²) < 4.78 is 10.9. The normalized spacial score (nSPS) is 11.4. The van der Waals surface area contributed by atoms with E-state index >= 15 is 0 Å². The van der Waals surface area contributed by atoms with Crippen LogP contribution < -0.4 is 20.5 Å². The van der Waals surface area contributed by atoms with E-state index in [0.717, 1.165) is 5.75 Å². The molecule has 2 aromatic rings. The van der Waals surface area contributed by atoms with E-state index in [2.05, 4.69) is 5.32 Å². The minimum Gasteiger partial charge on any atom is -0.494 e. The second kappa shape index (κ2) is 8.01. The second-order valence-corrected chi connectivity index (χ2v) is 5.10. The van der Waals surface area contributed by atoms with Gasteiger partial charge in [-0.25, -0.2) is 0 Å². The number of nitrogens with one attached hydrogen (secondary N) is 1. The van der Waals surface area contributed by atoms with Crippen molar-refractivity contribution < 1.29 is 19.1 Å². The lowest BCUT2D eigenvalue weighted by Crippen LogP contribution is -2.30. The van der Waals surface area contributed by atoms with Crippen LogP contribution >= 0.6 is 0 Å². The fraction of sp³-hybridized carbons (Fsp3) is 0.222. The zero-order valence-electron chi connectivity index (χ0n) is 13.6. The van der Waals surface area contributed by atoms with Crippen molar-refractivity contribution in [1.29, 1.82) is 0 Å². The third kappa shape index (κ3) is 4.74. The van der Waals surface area contributed by atoms with Crippen molar-refractivity contribution in [1.82, 2.24) is 0 Å². The van der Waals surface area contributed by atoms with E-state index < -0.39 is 12.0 Å². The Labute approximate surface area is 140 Å². The molecular formula is C18H20N2O4. The average Bonchev–Trinajstić information content (AvgIpc) is 2.57. The Morgan fingerprint density at radius 3 is 2.17 bits per heavy atom. The van der Waals surface area contributed by atoms with E-state index in [0.29, 0.717) is 23.6 Å². The van der Waals surface area contributed by atoms with Crippen LogP contribution in [0, 0.1) is 0 Å². The third-order valence-corrected chi connectivity index (χ3v) is 3.25. The molecule has 0 fully saturated rings. The summed E-state index contributed by atoms with van der Waals surface area (Å²) in [5.41, 5.74) is 6.21. The average molecular weight is 328 g/mol. The Balaban J connectivity index is 1.92. The Bertz CT molecular complexity index is 696. The van der Waals surface area contributed by atoms with Gasteiger partial charge in [0.2, 0.25) is 5.91 Å². The molecule has 1 unspecified atom stereocenters. The van der Waals surface area contributed by atoms with Crippen molar-refractivity contribution >= 4 is 17.5 Å². The number of ether oxygens (including phenoxy) is 2. The van der Waals surface area contributed by atoms with Gasteiger partial charge >= 0.3 is 0 Å². The van der Waals surface area contributed by atoms with Gasteiger partial charge in [-0.2, -0.15) is 0 Å². The number of primary amides is 1. The van der Waals surface area contributed by atoms with Gasteiger partial charge in [0, 0.05) is 11.3 Å². The Morgan fingerprint density at radius 1 is 1.04 bits per heavy atom. The monoisotopic (exact) mass is 328 g/mol. The summed E-state index contributed by atoms with van der Waals surface area (Å²) in [7, 11) is 0. The molecular weight excluding hydrogens is 308 g/mol. The maximum Gasteiger partial charge on any atom is 0.265 e. The summed E-state index contributed by atoms with van der Waals surface area (Å²) in [6.07, 6.45) is -0.698. The van der Waals surface area contributed by atoms with E-state index in [1.54, 1.807) is 55.5 Å². The number of amides is 2. The number of rotatable bonds is 7. The molecule has 0 spiro atoms. The van der Waals surface area contributed by atoms with Crippen molar-refractivity contribution in [3.05, 3.63) is 54.1 Å². The maximum absolute atomic E-state index is 12.2. The van der Waals surface area contributed by atoms with E-state index in [4.69, 9.17) is 15.2 Å². The predicted molar refractivity (Wildman–Crippen MR) is 91.3 cm³/mol. The summed E-state index contributed by atoms with van der Waals surface area (Å²) in [6.45, 7) is 4.14. The molecule has 2 rings (SSSR count). The highest BCUT2D eigenvalue weighted by Gasteiger charge is 2.15. The van der Waals surface area contributed by atoms with Crippen molar-refractivity contribution in [2.45, 2.75) is 20.0 Å². The van der Waals surface area contributed by atoms with E-state index in [1.807, 2.05) is 6.92 Å². The molecule has 0 aliphatic heterocycles. The van der Waals surface area contributed by atoms with Crippen LogP contribution in [0.25, 0.3) is 0 Å². The van der Waals surface area contributed by atoms with Crippen molar-refractivity contribution in [2.24, 2.45) is 5.73 Å². The molecule has 6 nitrogen and oxygen atoms in total. The van der Waals surface area contributed by atoms with Gasteiger partial charge in [0.05, 0.1) is 6.61 Å². The number of benzene rings is 2. The molecule has 3 N–H and O–H groups in total. The van der Waals surface area contributed by atoms with E-state index in [9.17, 15) is 9.59 Å². The summed E-state index contributed by atoms with van der Waals surface area (Å²) >= 11 is 0. The number of carbonyl (C=O) groups is 2. The molecule has 0 radical (unpaired) electrons. The Morgan fingerprint density at radius 2 is 1.62 bits per heavy atom. The smallest absolute Gasteiger partial charge is 0.265 e. The minimum absolute atomic E-state index is 0.280. The first kappa shape index (κ1) is 17.3. The van der Waals surface area contributed by atoms with Gasteiger partial charge in [0.15, 0.2) is 6.10 Å². The van der Waals surface area contributed by atoms with Gasteiger partial charge in [-0.3, -0.25) is 9.59 Å². The molecule has 0 aliphatic carbocycles. The van der Waals surface area contributed by atoms with Crippen molar-refractivity contribution in [2.75, 3.05) is 11.9 Å². The van der Waals surface area contributed by atoms with Crippen LogP contribution in [0.3, 0.4) is 0 Å². The lowest BCUT2D eigenvalue weighted by atomic mass is 10.2. The number of anilines is 1. The first-order chi connectivity index (χ1) is 11.5. The molecule has 1 atom stereocenters. The van der Waals surface area contributed by atoms with Gasteiger partial charge in [0.1, 0.15) is 11.5 Å². The van der Waals surface area contributed by atoms with Crippen LogP contribution in [0.1, 0.15) is 24.2 Å². The lowest BCUT2D eigenvalue weighted by molar-refractivity contribution is -0.122. The van der Waals surface area contributed by atoms with Gasteiger partial charge in [-0.1, -0.05) is 0 Å². The van der Waals surface area contributed by atoms with Crippen LogP contribution in [0.15, 0.2) is 48.5 Å². The molecule has 0 saturated carbocycles. The van der Waals surface area contributed by atoms with Crippen LogP contribution in [-0.4, -0.2) is 24.5 Å². The molecule has 0 aromatic heterocycles. The molecule has 24 heavy (non-hydrogen) atoms. The lowest BCUT2D eigenvalue weighted by Gasteiger charge is -2.15. The van der Waals surface area contributed by atoms with Crippen molar-refractivity contribution in [3.8, 4) is 11.5 Å². The first-order valence-electron chi connectivity index (χ1n) is 7.60. The number of carbonyl (C=O) groups excluding carboxylic acids is 2. The van der Waals surface area contributed by atoms with Crippen LogP contribution in [0.4, 0.5) is 5.69 Å². The molecule has 0 heterocycles. The highest BCUT2D eigenvalue weighted by atomic mass is 16.5. The molecule has 126 valence electrons. The summed E-state index contributed by atoms with van der Waals surface area (Å²) in [5.74, 6) is 0.435. The van der Waals surface area contributed by atoms with Gasteiger partial charge in [-0.05, 0) is 62.4 Å². The SMILES string of the molecule is CCOc1ccc(NC(=O)C(C)Oc2ccc(C(N)=O)cc2)cc1. The van der Waals surface area contributed by atoms with Crippen LogP contribution in [0.2, 0.25) is 0 Å². The quantitative estimate of drug-likeness (QED) is 0.817. The molecule has 0 bridgehead atoms. The van der Waals surface area contributed by atoms with E-state index in [-0.39, 0.29) is 5.91 Å². The van der Waals surface area contributed by atoms with Crippen LogP contribution in [-0.2, 0) is 4.79 Å². The molecule has 0 saturated heterocycles. The maximum atomic E-state index is 12.2.